The van der Waals surface area contributed by atoms with Crippen molar-refractivity contribution in [3.63, 3.8) is 0 Å². The second kappa shape index (κ2) is 11.9. The predicted molar refractivity (Wildman–Crippen MR) is 132 cm³/mol. The van der Waals surface area contributed by atoms with Crippen molar-refractivity contribution >= 4 is 46.6 Å². The highest BCUT2D eigenvalue weighted by Crippen LogP contribution is 2.24. The molecule has 0 aromatic heterocycles. The summed E-state index contributed by atoms with van der Waals surface area (Å²) in [5.74, 6) is -0.175. The van der Waals surface area contributed by atoms with Crippen molar-refractivity contribution in [1.82, 2.24) is 10.2 Å². The molecule has 0 fully saturated rings. The molecule has 0 saturated carbocycles. The monoisotopic (exact) mass is 504 g/mol. The number of halogens is 3. The number of likely N-dealkylation sites (N-methyl/N-ethyl adjacent to an activating group) is 1. The lowest BCUT2D eigenvalue weighted by Gasteiger charge is -2.31. The van der Waals surface area contributed by atoms with Gasteiger partial charge in [0.2, 0.25) is 5.91 Å². The molecule has 0 heterocycles. The smallest absolute Gasteiger partial charge is 0.261 e. The van der Waals surface area contributed by atoms with Gasteiger partial charge in [0.25, 0.3) is 5.91 Å². The average molecular weight is 506 g/mol. The molecule has 33 heavy (non-hydrogen) atoms. The minimum Gasteiger partial charge on any atom is -0.484 e. The number of hydrogen-bond acceptors (Lipinski definition) is 3. The van der Waals surface area contributed by atoms with Gasteiger partial charge in [-0.3, -0.25) is 9.59 Å². The number of carbonyl (C=O) groups excluding carboxylic acids is 2. The van der Waals surface area contributed by atoms with Gasteiger partial charge in [-0.1, -0.05) is 77.3 Å². The summed E-state index contributed by atoms with van der Waals surface area (Å²) >= 11 is 18.2. The number of nitrogens with one attached hydrogen (secondary N) is 1. The fourth-order valence-electron chi connectivity index (χ4n) is 3.34. The Morgan fingerprint density at radius 3 is 2.33 bits per heavy atom. The van der Waals surface area contributed by atoms with Gasteiger partial charge in [0, 0.05) is 25.0 Å². The van der Waals surface area contributed by atoms with Crippen LogP contribution in [-0.4, -0.2) is 36.4 Å². The molecule has 2 amide bonds. The van der Waals surface area contributed by atoms with E-state index in [1.807, 2.05) is 30.3 Å². The largest absolute Gasteiger partial charge is 0.484 e. The standard InChI is InChI=1S/C25H23Cl3N2O3/c1-29-25(32)23(13-17-6-3-2-4-7-17)30(15-18-10-11-21(27)22(28)12-18)24(31)16-33-20-9-5-8-19(26)14-20/h2-12,14,23H,13,15-16H2,1H3,(H,29,32)/t23-/m0/s1. The summed E-state index contributed by atoms with van der Waals surface area (Å²) in [4.78, 5) is 27.7. The molecule has 8 heteroatoms. The third-order valence-corrected chi connectivity index (χ3v) is 5.99. The van der Waals surface area contributed by atoms with Gasteiger partial charge in [0.15, 0.2) is 6.61 Å². The van der Waals surface area contributed by atoms with Gasteiger partial charge >= 0.3 is 0 Å². The van der Waals surface area contributed by atoms with Crippen LogP contribution in [0.3, 0.4) is 0 Å². The van der Waals surface area contributed by atoms with Gasteiger partial charge in [0.05, 0.1) is 10.0 Å². The van der Waals surface area contributed by atoms with Gasteiger partial charge in [-0.2, -0.15) is 0 Å². The zero-order valence-electron chi connectivity index (χ0n) is 17.9. The molecule has 0 spiro atoms. The van der Waals surface area contributed by atoms with Gasteiger partial charge in [-0.05, 0) is 41.5 Å². The van der Waals surface area contributed by atoms with Crippen LogP contribution in [0.1, 0.15) is 11.1 Å². The van der Waals surface area contributed by atoms with Gasteiger partial charge < -0.3 is 15.0 Å². The fourth-order valence-corrected chi connectivity index (χ4v) is 3.84. The third-order valence-electron chi connectivity index (χ3n) is 5.01. The zero-order chi connectivity index (χ0) is 23.8. The second-order valence-corrected chi connectivity index (χ2v) is 8.59. The van der Waals surface area contributed by atoms with E-state index in [0.717, 1.165) is 11.1 Å². The van der Waals surface area contributed by atoms with E-state index in [-0.39, 0.29) is 25.0 Å². The number of hydrogen-bond donors (Lipinski definition) is 1. The van der Waals surface area contributed by atoms with Crippen molar-refractivity contribution in [2.45, 2.75) is 19.0 Å². The maximum absolute atomic E-state index is 13.3. The molecular formula is C25H23Cl3N2O3. The van der Waals surface area contributed by atoms with Crippen molar-refractivity contribution < 1.29 is 14.3 Å². The summed E-state index contributed by atoms with van der Waals surface area (Å²) in [5, 5.41) is 3.95. The second-order valence-electron chi connectivity index (χ2n) is 7.34. The van der Waals surface area contributed by atoms with Crippen LogP contribution in [0.25, 0.3) is 0 Å². The molecule has 172 valence electrons. The van der Waals surface area contributed by atoms with Gasteiger partial charge in [0.1, 0.15) is 11.8 Å². The lowest BCUT2D eigenvalue weighted by molar-refractivity contribution is -0.142. The van der Waals surface area contributed by atoms with Crippen LogP contribution in [-0.2, 0) is 22.6 Å². The van der Waals surface area contributed by atoms with Crippen molar-refractivity contribution in [3.8, 4) is 5.75 Å². The highest BCUT2D eigenvalue weighted by molar-refractivity contribution is 6.42. The molecule has 0 saturated heterocycles. The van der Waals surface area contributed by atoms with Crippen LogP contribution in [0, 0.1) is 0 Å². The van der Waals surface area contributed by atoms with Gasteiger partial charge in [-0.15, -0.1) is 0 Å². The maximum Gasteiger partial charge on any atom is 0.261 e. The Hall–Kier alpha value is -2.73. The normalized spacial score (nSPS) is 11.5. The molecule has 0 radical (unpaired) electrons. The van der Waals surface area contributed by atoms with E-state index in [2.05, 4.69) is 5.32 Å². The summed E-state index contributed by atoms with van der Waals surface area (Å²) in [6.45, 7) is -0.108. The molecule has 0 bridgehead atoms. The molecule has 3 aromatic rings. The van der Waals surface area contributed by atoms with Crippen molar-refractivity contribution in [1.29, 1.82) is 0 Å². The summed E-state index contributed by atoms with van der Waals surface area (Å²) in [6, 6.07) is 20.7. The van der Waals surface area contributed by atoms with Crippen molar-refractivity contribution in [2.24, 2.45) is 0 Å². The first-order valence-electron chi connectivity index (χ1n) is 10.2. The van der Waals surface area contributed by atoms with E-state index in [1.165, 1.54) is 4.90 Å². The summed E-state index contributed by atoms with van der Waals surface area (Å²) in [6.07, 6.45) is 0.338. The number of rotatable bonds is 9. The van der Waals surface area contributed by atoms with Crippen LogP contribution in [0.4, 0.5) is 0 Å². The van der Waals surface area contributed by atoms with Gasteiger partial charge in [-0.25, -0.2) is 0 Å². The molecular weight excluding hydrogens is 483 g/mol. The number of benzene rings is 3. The minimum atomic E-state index is -0.762. The number of nitrogens with zero attached hydrogens (tertiary/aromatic N) is 1. The zero-order valence-corrected chi connectivity index (χ0v) is 20.2. The average Bonchev–Trinajstić information content (AvgIpc) is 2.82. The van der Waals surface area contributed by atoms with Crippen LogP contribution >= 0.6 is 34.8 Å². The van der Waals surface area contributed by atoms with Crippen LogP contribution in [0.5, 0.6) is 5.75 Å². The first kappa shape index (κ1) is 24.9. The van der Waals surface area contributed by atoms with Crippen LogP contribution < -0.4 is 10.1 Å². The molecule has 0 aliphatic rings. The highest BCUT2D eigenvalue weighted by Gasteiger charge is 2.30. The number of amides is 2. The SMILES string of the molecule is CNC(=O)[C@H](Cc1ccccc1)N(Cc1ccc(Cl)c(Cl)c1)C(=O)COc1cccc(Cl)c1. The Kier molecular flexibility index (Phi) is 9.01. The van der Waals surface area contributed by atoms with E-state index >= 15 is 0 Å². The minimum absolute atomic E-state index is 0.152. The fraction of sp³-hybridized carbons (Fsp3) is 0.200. The Morgan fingerprint density at radius 1 is 0.909 bits per heavy atom. The summed E-state index contributed by atoms with van der Waals surface area (Å²) < 4.78 is 5.67. The van der Waals surface area contributed by atoms with Crippen LogP contribution in [0.2, 0.25) is 15.1 Å². The van der Waals surface area contributed by atoms with Crippen molar-refractivity contribution in [2.75, 3.05) is 13.7 Å². The predicted octanol–water partition coefficient (Wildman–Crippen LogP) is 5.41. The molecule has 1 N–H and O–H groups in total. The Labute approximate surface area is 208 Å². The third kappa shape index (κ3) is 7.13. The molecule has 3 aromatic carbocycles. The molecule has 0 aliphatic carbocycles. The van der Waals surface area contributed by atoms with Crippen LogP contribution in [0.15, 0.2) is 72.8 Å². The van der Waals surface area contributed by atoms with E-state index < -0.39 is 6.04 Å². The Bertz CT molecular complexity index is 1110. The first-order chi connectivity index (χ1) is 15.9. The van der Waals surface area contributed by atoms with E-state index in [9.17, 15) is 9.59 Å². The van der Waals surface area contributed by atoms with E-state index in [1.54, 1.807) is 49.5 Å². The molecule has 1 atom stereocenters. The molecule has 5 nitrogen and oxygen atoms in total. The first-order valence-corrected chi connectivity index (χ1v) is 11.4. The summed E-state index contributed by atoms with van der Waals surface area (Å²) in [5.41, 5.74) is 1.66. The Morgan fingerprint density at radius 2 is 1.67 bits per heavy atom. The van der Waals surface area contributed by atoms with Crippen molar-refractivity contribution in [3.05, 3.63) is 99.0 Å². The maximum atomic E-state index is 13.3. The number of carbonyl (C=O) groups is 2. The molecule has 0 aliphatic heterocycles. The molecule has 3 rings (SSSR count). The van der Waals surface area contributed by atoms with E-state index in [0.29, 0.717) is 27.2 Å². The lowest BCUT2D eigenvalue weighted by atomic mass is 10.0. The summed E-state index contributed by atoms with van der Waals surface area (Å²) in [7, 11) is 1.55. The highest BCUT2D eigenvalue weighted by atomic mass is 35.5. The Balaban J connectivity index is 1.89. The quantitative estimate of drug-likeness (QED) is 0.423. The van der Waals surface area contributed by atoms with E-state index in [4.69, 9.17) is 39.5 Å². The molecule has 0 unspecified atom stereocenters. The topological polar surface area (TPSA) is 58.6 Å². The number of ether oxygens (including phenoxy) is 1. The lowest BCUT2D eigenvalue weighted by Crippen LogP contribution is -2.51.